The van der Waals surface area contributed by atoms with Crippen LogP contribution in [0.5, 0.6) is 5.75 Å². The lowest BCUT2D eigenvalue weighted by Crippen LogP contribution is -2.41. The Balaban J connectivity index is 1.82. The van der Waals surface area contributed by atoms with Gasteiger partial charge in [-0.3, -0.25) is 9.59 Å². The molecule has 5 nitrogen and oxygen atoms in total. The second-order valence-corrected chi connectivity index (χ2v) is 7.40. The third-order valence-electron chi connectivity index (χ3n) is 3.29. The van der Waals surface area contributed by atoms with E-state index >= 15 is 0 Å². The molecule has 138 valence electrons. The molecule has 2 aromatic rings. The van der Waals surface area contributed by atoms with Crippen LogP contribution in [-0.4, -0.2) is 17.4 Å². The smallest absolute Gasteiger partial charge is 0.233 e. The Kier molecular flexibility index (Phi) is 6.64. The number of carbonyl (C=O) groups excluding carboxylic acids is 2. The molecule has 2 N–H and O–H groups in total. The standard InChI is InChI=1S/C20H23ClN2O3/c1-20(2,3)23-19(25)12-18(24)22-16-8-10-17(11-9-16)26-13-14-4-6-15(21)7-5-14/h4-11H,12-13H2,1-3H3,(H,22,24)(H,23,25). The lowest BCUT2D eigenvalue weighted by Gasteiger charge is -2.20. The van der Waals surface area contributed by atoms with Crippen LogP contribution < -0.4 is 15.4 Å². The van der Waals surface area contributed by atoms with E-state index in [0.29, 0.717) is 23.1 Å². The summed E-state index contributed by atoms with van der Waals surface area (Å²) in [6, 6.07) is 14.4. The third-order valence-corrected chi connectivity index (χ3v) is 3.54. The molecule has 0 fully saturated rings. The molecule has 0 saturated heterocycles. The van der Waals surface area contributed by atoms with E-state index in [9.17, 15) is 9.59 Å². The SMILES string of the molecule is CC(C)(C)NC(=O)CC(=O)Nc1ccc(OCc2ccc(Cl)cc2)cc1. The highest BCUT2D eigenvalue weighted by atomic mass is 35.5. The van der Waals surface area contributed by atoms with Crippen molar-refractivity contribution >= 4 is 29.1 Å². The molecule has 0 saturated carbocycles. The van der Waals surface area contributed by atoms with Crippen LogP contribution in [0.25, 0.3) is 0 Å². The number of carbonyl (C=O) groups is 2. The molecule has 0 aromatic heterocycles. The van der Waals surface area contributed by atoms with E-state index in [2.05, 4.69) is 10.6 Å². The summed E-state index contributed by atoms with van der Waals surface area (Å²) in [6.07, 6.45) is -0.216. The highest BCUT2D eigenvalue weighted by Gasteiger charge is 2.16. The molecular formula is C20H23ClN2O3. The molecular weight excluding hydrogens is 352 g/mol. The number of amides is 2. The van der Waals surface area contributed by atoms with Crippen LogP contribution in [0.1, 0.15) is 32.8 Å². The summed E-state index contributed by atoms with van der Waals surface area (Å²) >= 11 is 5.85. The maximum absolute atomic E-state index is 11.9. The lowest BCUT2D eigenvalue weighted by atomic mass is 10.1. The van der Waals surface area contributed by atoms with Gasteiger partial charge in [0.25, 0.3) is 0 Å². The van der Waals surface area contributed by atoms with Gasteiger partial charge >= 0.3 is 0 Å². The van der Waals surface area contributed by atoms with Crippen LogP contribution in [0, 0.1) is 0 Å². The van der Waals surface area contributed by atoms with Crippen molar-refractivity contribution < 1.29 is 14.3 Å². The molecule has 0 atom stereocenters. The van der Waals surface area contributed by atoms with Crippen LogP contribution in [0.4, 0.5) is 5.69 Å². The van der Waals surface area contributed by atoms with E-state index in [1.807, 2.05) is 45.0 Å². The predicted octanol–water partition coefficient (Wildman–Crippen LogP) is 4.16. The van der Waals surface area contributed by atoms with Crippen molar-refractivity contribution in [3.8, 4) is 5.75 Å². The van der Waals surface area contributed by atoms with Gasteiger partial charge in [-0.2, -0.15) is 0 Å². The zero-order valence-electron chi connectivity index (χ0n) is 15.1. The van der Waals surface area contributed by atoms with Crippen LogP contribution in [0.15, 0.2) is 48.5 Å². The first-order valence-corrected chi connectivity index (χ1v) is 8.67. The van der Waals surface area contributed by atoms with Gasteiger partial charge in [0.2, 0.25) is 11.8 Å². The van der Waals surface area contributed by atoms with Crippen LogP contribution >= 0.6 is 11.6 Å². The fraction of sp³-hybridized carbons (Fsp3) is 0.300. The second kappa shape index (κ2) is 8.72. The molecule has 0 aliphatic carbocycles. The van der Waals surface area contributed by atoms with Gasteiger partial charge in [-0.1, -0.05) is 23.7 Å². The molecule has 6 heteroatoms. The normalized spacial score (nSPS) is 10.9. The van der Waals surface area contributed by atoms with E-state index < -0.39 is 0 Å². The maximum Gasteiger partial charge on any atom is 0.233 e. The quantitative estimate of drug-likeness (QED) is 0.746. The number of hydrogen-bond acceptors (Lipinski definition) is 3. The van der Waals surface area contributed by atoms with Gasteiger partial charge in [0, 0.05) is 16.2 Å². The van der Waals surface area contributed by atoms with Crippen molar-refractivity contribution in [2.45, 2.75) is 39.3 Å². The molecule has 0 aliphatic heterocycles. The fourth-order valence-corrected chi connectivity index (χ4v) is 2.32. The Morgan fingerprint density at radius 2 is 1.58 bits per heavy atom. The minimum atomic E-state index is -0.361. The second-order valence-electron chi connectivity index (χ2n) is 6.96. The molecule has 0 heterocycles. The third kappa shape index (κ3) is 7.15. The Labute approximate surface area is 158 Å². The molecule has 0 aliphatic rings. The zero-order chi connectivity index (χ0) is 19.2. The van der Waals surface area contributed by atoms with Crippen LogP contribution in [0.3, 0.4) is 0 Å². The van der Waals surface area contributed by atoms with E-state index in [0.717, 1.165) is 5.56 Å². The largest absolute Gasteiger partial charge is 0.489 e. The summed E-state index contributed by atoms with van der Waals surface area (Å²) < 4.78 is 5.69. The number of ether oxygens (including phenoxy) is 1. The van der Waals surface area contributed by atoms with Crippen LogP contribution in [-0.2, 0) is 16.2 Å². The first-order valence-electron chi connectivity index (χ1n) is 8.29. The minimum absolute atomic E-state index is 0.216. The molecule has 2 aromatic carbocycles. The monoisotopic (exact) mass is 374 g/mol. The number of anilines is 1. The van der Waals surface area contributed by atoms with Crippen molar-refractivity contribution in [1.82, 2.24) is 5.32 Å². The summed E-state index contributed by atoms with van der Waals surface area (Å²) in [5.41, 5.74) is 1.26. The summed E-state index contributed by atoms with van der Waals surface area (Å²) in [6.45, 7) is 6.03. The van der Waals surface area contributed by atoms with E-state index in [1.54, 1.807) is 24.3 Å². The van der Waals surface area contributed by atoms with Gasteiger partial charge in [-0.05, 0) is 62.7 Å². The predicted molar refractivity (Wildman–Crippen MR) is 103 cm³/mol. The first-order chi connectivity index (χ1) is 12.2. The highest BCUT2D eigenvalue weighted by Crippen LogP contribution is 2.18. The first kappa shape index (κ1) is 19.8. The average molecular weight is 375 g/mol. The van der Waals surface area contributed by atoms with Gasteiger partial charge in [-0.25, -0.2) is 0 Å². The van der Waals surface area contributed by atoms with Crippen molar-refractivity contribution in [1.29, 1.82) is 0 Å². The summed E-state index contributed by atoms with van der Waals surface area (Å²) in [4.78, 5) is 23.7. The molecule has 0 radical (unpaired) electrons. The number of nitrogens with one attached hydrogen (secondary N) is 2. The Bertz CT molecular complexity index is 750. The zero-order valence-corrected chi connectivity index (χ0v) is 15.9. The van der Waals surface area contributed by atoms with Crippen LogP contribution in [0.2, 0.25) is 5.02 Å². The summed E-state index contributed by atoms with van der Waals surface area (Å²) in [7, 11) is 0. The van der Waals surface area contributed by atoms with Gasteiger partial charge in [-0.15, -0.1) is 0 Å². The number of rotatable bonds is 6. The molecule has 0 unspecified atom stereocenters. The number of benzene rings is 2. The molecule has 0 spiro atoms. The van der Waals surface area contributed by atoms with Gasteiger partial charge in [0.05, 0.1) is 0 Å². The van der Waals surface area contributed by atoms with E-state index in [-0.39, 0.29) is 23.8 Å². The van der Waals surface area contributed by atoms with E-state index in [1.165, 1.54) is 0 Å². The number of hydrogen-bond donors (Lipinski definition) is 2. The number of halogens is 1. The lowest BCUT2D eigenvalue weighted by molar-refractivity contribution is -0.127. The van der Waals surface area contributed by atoms with Gasteiger partial charge in [0.15, 0.2) is 0 Å². The van der Waals surface area contributed by atoms with Crippen molar-refractivity contribution in [3.05, 3.63) is 59.1 Å². The average Bonchev–Trinajstić information content (AvgIpc) is 2.53. The topological polar surface area (TPSA) is 67.4 Å². The fourth-order valence-electron chi connectivity index (χ4n) is 2.20. The Morgan fingerprint density at radius 1 is 0.962 bits per heavy atom. The Hall–Kier alpha value is -2.53. The van der Waals surface area contributed by atoms with Crippen molar-refractivity contribution in [2.24, 2.45) is 0 Å². The molecule has 2 rings (SSSR count). The van der Waals surface area contributed by atoms with Gasteiger partial charge < -0.3 is 15.4 Å². The molecule has 2 amide bonds. The summed E-state index contributed by atoms with van der Waals surface area (Å²) in [5.74, 6) is 0.0166. The minimum Gasteiger partial charge on any atom is -0.489 e. The molecule has 0 bridgehead atoms. The van der Waals surface area contributed by atoms with Crippen molar-refractivity contribution in [3.63, 3.8) is 0 Å². The van der Waals surface area contributed by atoms with E-state index in [4.69, 9.17) is 16.3 Å². The highest BCUT2D eigenvalue weighted by molar-refractivity contribution is 6.30. The Morgan fingerprint density at radius 3 is 2.15 bits per heavy atom. The van der Waals surface area contributed by atoms with Gasteiger partial charge in [0.1, 0.15) is 18.8 Å². The van der Waals surface area contributed by atoms with Crippen molar-refractivity contribution in [2.75, 3.05) is 5.32 Å². The molecule has 26 heavy (non-hydrogen) atoms. The summed E-state index contributed by atoms with van der Waals surface area (Å²) in [5, 5.41) is 6.13. The maximum atomic E-state index is 11.9.